The molecule has 2 rings (SSSR count). The summed E-state index contributed by atoms with van der Waals surface area (Å²) in [4.78, 5) is 0. The molecule has 1 N–H and O–H groups in total. The third-order valence-electron chi connectivity index (χ3n) is 2.67. The number of alkyl halides is 1. The van der Waals surface area contributed by atoms with E-state index in [9.17, 15) is 9.50 Å². The van der Waals surface area contributed by atoms with Crippen molar-refractivity contribution in [2.24, 2.45) is 0 Å². The molecule has 0 radical (unpaired) electrons. The van der Waals surface area contributed by atoms with E-state index >= 15 is 0 Å². The Labute approximate surface area is 106 Å². The average molecular weight is 246 g/mol. The second-order valence-electron chi connectivity index (χ2n) is 4.01. The van der Waals surface area contributed by atoms with Crippen LogP contribution in [0.4, 0.5) is 4.39 Å². The number of benzene rings is 2. The second kappa shape index (κ2) is 5.54. The topological polar surface area (TPSA) is 29.5 Å². The van der Waals surface area contributed by atoms with Crippen molar-refractivity contribution >= 4 is 0 Å². The Morgan fingerprint density at radius 3 is 2.50 bits per heavy atom. The number of phenolic OH excluding ortho intramolecular Hbond substituents is 1. The van der Waals surface area contributed by atoms with Crippen molar-refractivity contribution in [3.63, 3.8) is 0 Å². The molecule has 0 bridgehead atoms. The number of hydrogen-bond acceptors (Lipinski definition) is 2. The maximum atomic E-state index is 13.6. The van der Waals surface area contributed by atoms with E-state index in [0.29, 0.717) is 17.9 Å². The van der Waals surface area contributed by atoms with E-state index in [1.165, 1.54) is 12.1 Å². The molecule has 1 atom stereocenters. The van der Waals surface area contributed by atoms with Crippen molar-refractivity contribution in [3.8, 4) is 17.2 Å². The van der Waals surface area contributed by atoms with Gasteiger partial charge < -0.3 is 9.84 Å². The van der Waals surface area contributed by atoms with Crippen molar-refractivity contribution in [3.05, 3.63) is 54.1 Å². The fraction of sp³-hybridized carbons (Fsp3) is 0.200. The minimum atomic E-state index is -1.18. The summed E-state index contributed by atoms with van der Waals surface area (Å²) < 4.78 is 19.2. The Morgan fingerprint density at radius 2 is 1.83 bits per heavy atom. The molecule has 0 aromatic heterocycles. The Hall–Kier alpha value is -2.03. The van der Waals surface area contributed by atoms with Gasteiger partial charge in [0.25, 0.3) is 0 Å². The summed E-state index contributed by atoms with van der Waals surface area (Å²) in [6, 6.07) is 13.9. The van der Waals surface area contributed by atoms with Crippen molar-refractivity contribution < 1.29 is 14.2 Å². The molecule has 0 saturated heterocycles. The zero-order valence-corrected chi connectivity index (χ0v) is 10.1. The molecule has 0 spiro atoms. The molecule has 2 aromatic carbocycles. The van der Waals surface area contributed by atoms with Gasteiger partial charge in [-0.25, -0.2) is 4.39 Å². The van der Waals surface area contributed by atoms with Crippen LogP contribution in [0.25, 0.3) is 0 Å². The zero-order valence-electron chi connectivity index (χ0n) is 10.1. The quantitative estimate of drug-likeness (QED) is 0.853. The van der Waals surface area contributed by atoms with Gasteiger partial charge >= 0.3 is 0 Å². The maximum Gasteiger partial charge on any atom is 0.129 e. The minimum absolute atomic E-state index is 0.0373. The van der Waals surface area contributed by atoms with E-state index in [2.05, 4.69) is 0 Å². The third-order valence-corrected chi connectivity index (χ3v) is 2.67. The Morgan fingerprint density at radius 1 is 1.11 bits per heavy atom. The average Bonchev–Trinajstić information content (AvgIpc) is 2.41. The third kappa shape index (κ3) is 2.80. The van der Waals surface area contributed by atoms with Gasteiger partial charge in [-0.05, 0) is 36.8 Å². The fourth-order valence-corrected chi connectivity index (χ4v) is 1.69. The van der Waals surface area contributed by atoms with E-state index in [-0.39, 0.29) is 11.3 Å². The van der Waals surface area contributed by atoms with Crippen LogP contribution in [0.3, 0.4) is 0 Å². The van der Waals surface area contributed by atoms with E-state index < -0.39 is 6.17 Å². The van der Waals surface area contributed by atoms with Crippen molar-refractivity contribution in [1.82, 2.24) is 0 Å². The summed E-state index contributed by atoms with van der Waals surface area (Å²) in [5.41, 5.74) is 0.269. The van der Waals surface area contributed by atoms with Gasteiger partial charge in [0.05, 0.1) is 0 Å². The van der Waals surface area contributed by atoms with Gasteiger partial charge in [0.15, 0.2) is 0 Å². The summed E-state index contributed by atoms with van der Waals surface area (Å²) in [6.45, 7) is 1.73. The first-order valence-corrected chi connectivity index (χ1v) is 5.90. The standard InChI is InChI=1S/C15H15FO2/c1-2-14(16)13-10-12(8-9-15(13)17)18-11-6-4-3-5-7-11/h3-10,14,17H,2H2,1H3. The monoisotopic (exact) mass is 246 g/mol. The van der Waals surface area contributed by atoms with Gasteiger partial charge in [0, 0.05) is 5.56 Å². The lowest BCUT2D eigenvalue weighted by Gasteiger charge is -2.11. The molecule has 0 heterocycles. The van der Waals surface area contributed by atoms with E-state index in [1.807, 2.05) is 30.3 Å². The van der Waals surface area contributed by atoms with Gasteiger partial charge in [0.2, 0.25) is 0 Å². The van der Waals surface area contributed by atoms with Crippen LogP contribution >= 0.6 is 0 Å². The SMILES string of the molecule is CCC(F)c1cc(Oc2ccccc2)ccc1O. The predicted octanol–water partition coefficient (Wildman–Crippen LogP) is 4.61. The smallest absolute Gasteiger partial charge is 0.129 e. The van der Waals surface area contributed by atoms with Gasteiger partial charge in [0.1, 0.15) is 23.4 Å². The zero-order chi connectivity index (χ0) is 13.0. The van der Waals surface area contributed by atoms with Crippen LogP contribution in [0.15, 0.2) is 48.5 Å². The highest BCUT2D eigenvalue weighted by atomic mass is 19.1. The molecule has 0 aliphatic carbocycles. The second-order valence-corrected chi connectivity index (χ2v) is 4.01. The number of halogens is 1. The van der Waals surface area contributed by atoms with Crippen LogP contribution in [0, 0.1) is 0 Å². The number of para-hydroxylation sites is 1. The molecule has 0 fully saturated rings. The molecule has 18 heavy (non-hydrogen) atoms. The summed E-state index contributed by atoms with van der Waals surface area (Å²) in [5, 5.41) is 9.61. The Balaban J connectivity index is 2.25. The van der Waals surface area contributed by atoms with Crippen LogP contribution in [0.1, 0.15) is 25.1 Å². The molecule has 94 valence electrons. The highest BCUT2D eigenvalue weighted by Crippen LogP contribution is 2.33. The van der Waals surface area contributed by atoms with Crippen molar-refractivity contribution in [1.29, 1.82) is 0 Å². The van der Waals surface area contributed by atoms with Crippen LogP contribution in [0.5, 0.6) is 17.2 Å². The van der Waals surface area contributed by atoms with E-state index in [1.54, 1.807) is 13.0 Å². The minimum Gasteiger partial charge on any atom is -0.508 e. The Bertz CT molecular complexity index is 511. The lowest BCUT2D eigenvalue weighted by molar-refractivity contribution is 0.320. The molecule has 2 nitrogen and oxygen atoms in total. The lowest BCUT2D eigenvalue weighted by Crippen LogP contribution is -1.92. The van der Waals surface area contributed by atoms with Crippen molar-refractivity contribution in [2.45, 2.75) is 19.5 Å². The summed E-state index contributed by atoms with van der Waals surface area (Å²) in [7, 11) is 0. The first-order chi connectivity index (χ1) is 8.70. The summed E-state index contributed by atoms with van der Waals surface area (Å²) in [5.74, 6) is 1.16. The van der Waals surface area contributed by atoms with Gasteiger partial charge in [-0.15, -0.1) is 0 Å². The molecule has 1 unspecified atom stereocenters. The highest BCUT2D eigenvalue weighted by molar-refractivity contribution is 5.42. The highest BCUT2D eigenvalue weighted by Gasteiger charge is 2.13. The molecule has 0 aliphatic rings. The van der Waals surface area contributed by atoms with Crippen LogP contribution < -0.4 is 4.74 Å². The lowest BCUT2D eigenvalue weighted by atomic mass is 10.1. The summed E-state index contributed by atoms with van der Waals surface area (Å²) >= 11 is 0. The fourth-order valence-electron chi connectivity index (χ4n) is 1.69. The molecular formula is C15H15FO2. The molecule has 3 heteroatoms. The molecule has 0 saturated carbocycles. The molecule has 0 amide bonds. The number of rotatable bonds is 4. The first-order valence-electron chi connectivity index (χ1n) is 5.90. The van der Waals surface area contributed by atoms with Gasteiger partial charge in [-0.3, -0.25) is 0 Å². The Kier molecular flexibility index (Phi) is 3.82. The van der Waals surface area contributed by atoms with Gasteiger partial charge in [-0.2, -0.15) is 0 Å². The number of hydrogen-bond donors (Lipinski definition) is 1. The molecule has 0 aliphatic heterocycles. The maximum absolute atomic E-state index is 13.6. The number of aromatic hydroxyl groups is 1. The van der Waals surface area contributed by atoms with Crippen LogP contribution in [0.2, 0.25) is 0 Å². The molecular weight excluding hydrogens is 231 g/mol. The summed E-state index contributed by atoms with van der Waals surface area (Å²) in [6.07, 6.45) is -0.855. The number of ether oxygens (including phenoxy) is 1. The number of phenols is 1. The first kappa shape index (κ1) is 12.4. The van der Waals surface area contributed by atoms with Crippen LogP contribution in [-0.2, 0) is 0 Å². The largest absolute Gasteiger partial charge is 0.508 e. The predicted molar refractivity (Wildman–Crippen MR) is 68.8 cm³/mol. The van der Waals surface area contributed by atoms with E-state index in [4.69, 9.17) is 4.74 Å². The molecule has 2 aromatic rings. The normalized spacial score (nSPS) is 12.1. The van der Waals surface area contributed by atoms with Gasteiger partial charge in [-0.1, -0.05) is 25.1 Å². The van der Waals surface area contributed by atoms with Crippen LogP contribution in [-0.4, -0.2) is 5.11 Å². The van der Waals surface area contributed by atoms with E-state index in [0.717, 1.165) is 0 Å². The van der Waals surface area contributed by atoms with Crippen molar-refractivity contribution in [2.75, 3.05) is 0 Å².